The molecule has 11 heteroatoms. The zero-order chi connectivity index (χ0) is 27.7. The van der Waals surface area contributed by atoms with Crippen molar-refractivity contribution in [2.24, 2.45) is 0 Å². The molecule has 0 aliphatic rings. The summed E-state index contributed by atoms with van der Waals surface area (Å²) in [5.74, 6) is -0.947. The van der Waals surface area contributed by atoms with Crippen molar-refractivity contribution in [3.8, 4) is 11.4 Å². The van der Waals surface area contributed by atoms with E-state index in [0.29, 0.717) is 17.5 Å². The smallest absolute Gasteiger partial charge is 0.337 e. The van der Waals surface area contributed by atoms with E-state index in [4.69, 9.17) is 9.47 Å². The minimum Gasteiger partial charge on any atom is -0.465 e. The van der Waals surface area contributed by atoms with Gasteiger partial charge in [0, 0.05) is 36.6 Å². The van der Waals surface area contributed by atoms with Crippen LogP contribution in [0.5, 0.6) is 0 Å². The number of ether oxygens (including phenoxy) is 2. The summed E-state index contributed by atoms with van der Waals surface area (Å²) in [7, 11) is 2.46. The average molecular weight is 538 g/mol. The summed E-state index contributed by atoms with van der Waals surface area (Å²) < 4.78 is 11.4. The lowest BCUT2D eigenvalue weighted by atomic mass is 10.1. The van der Waals surface area contributed by atoms with Crippen molar-refractivity contribution in [1.29, 1.82) is 0 Å². The van der Waals surface area contributed by atoms with Crippen LogP contribution in [0.2, 0.25) is 0 Å². The molecule has 0 unspecified atom stereocenters. The van der Waals surface area contributed by atoms with Crippen LogP contribution in [0, 0.1) is 0 Å². The molecule has 0 saturated heterocycles. The van der Waals surface area contributed by atoms with Crippen LogP contribution >= 0.6 is 11.8 Å². The molecule has 0 radical (unpaired) electrons. The number of carbonyl (C=O) groups is 3. The molecule has 1 amide bonds. The van der Waals surface area contributed by atoms with Gasteiger partial charge in [-0.3, -0.25) is 9.36 Å². The van der Waals surface area contributed by atoms with E-state index in [9.17, 15) is 14.4 Å². The van der Waals surface area contributed by atoms with Crippen molar-refractivity contribution >= 4 is 41.0 Å². The lowest BCUT2D eigenvalue weighted by Crippen LogP contribution is -2.21. The molecule has 1 aromatic heterocycles. The molecule has 200 valence electrons. The summed E-state index contributed by atoms with van der Waals surface area (Å²) in [6.45, 7) is 10.4. The maximum absolute atomic E-state index is 12.7. The molecular weight excluding hydrogens is 506 g/mol. The van der Waals surface area contributed by atoms with Crippen LogP contribution in [0.15, 0.2) is 60.3 Å². The number of nitrogens with zero attached hydrogens (tertiary/aromatic N) is 4. The third-order valence-electron chi connectivity index (χ3n) is 5.67. The van der Waals surface area contributed by atoms with Crippen LogP contribution in [-0.4, -0.2) is 65.7 Å². The largest absolute Gasteiger partial charge is 0.465 e. The van der Waals surface area contributed by atoms with Crippen LogP contribution in [0.4, 0.5) is 11.4 Å². The first kappa shape index (κ1) is 28.5. The topological polar surface area (TPSA) is 116 Å². The highest BCUT2D eigenvalue weighted by atomic mass is 32.2. The van der Waals surface area contributed by atoms with Crippen LogP contribution in [0.1, 0.15) is 34.6 Å². The number of amides is 1. The quantitative estimate of drug-likeness (QED) is 0.205. The normalized spacial score (nSPS) is 10.5. The first-order valence-electron chi connectivity index (χ1n) is 12.0. The number of carbonyl (C=O) groups excluding carboxylic acids is 3. The fourth-order valence-corrected chi connectivity index (χ4v) is 4.56. The van der Waals surface area contributed by atoms with Crippen molar-refractivity contribution in [3.05, 3.63) is 66.2 Å². The van der Waals surface area contributed by atoms with E-state index in [0.717, 1.165) is 24.3 Å². The highest BCUT2D eigenvalue weighted by Gasteiger charge is 2.18. The van der Waals surface area contributed by atoms with Gasteiger partial charge in [-0.15, -0.1) is 16.8 Å². The SMILES string of the molecule is C=CCn1c(SCC(=O)Nc2cc(C(=O)OC)cc(C(=O)OC)c2)nnc1-c1ccc(N(CC)CC)cc1. The molecule has 0 spiro atoms. The number of allylic oxidation sites excluding steroid dienone is 1. The zero-order valence-corrected chi connectivity index (χ0v) is 22.7. The molecule has 0 aliphatic heterocycles. The Labute approximate surface area is 226 Å². The highest BCUT2D eigenvalue weighted by Crippen LogP contribution is 2.26. The van der Waals surface area contributed by atoms with E-state index in [1.54, 1.807) is 6.08 Å². The number of benzene rings is 2. The Morgan fingerprint density at radius 3 is 2.13 bits per heavy atom. The zero-order valence-electron chi connectivity index (χ0n) is 21.9. The molecule has 3 aromatic rings. The van der Waals surface area contributed by atoms with E-state index in [1.165, 1.54) is 44.2 Å². The van der Waals surface area contributed by atoms with E-state index in [1.807, 2.05) is 16.7 Å². The Balaban J connectivity index is 1.76. The molecular formula is C27H31N5O5S. The first-order chi connectivity index (χ1) is 18.3. The van der Waals surface area contributed by atoms with Crippen LogP contribution in [-0.2, 0) is 20.8 Å². The fraction of sp³-hybridized carbons (Fsp3) is 0.296. The maximum Gasteiger partial charge on any atom is 0.337 e. The van der Waals surface area contributed by atoms with Gasteiger partial charge in [0.1, 0.15) is 0 Å². The third kappa shape index (κ3) is 6.80. The van der Waals surface area contributed by atoms with Crippen LogP contribution < -0.4 is 10.2 Å². The second-order valence-corrected chi connectivity index (χ2v) is 8.99. The van der Waals surface area contributed by atoms with E-state index in [2.05, 4.69) is 53.0 Å². The molecule has 1 heterocycles. The van der Waals surface area contributed by atoms with Crippen molar-refractivity contribution in [2.45, 2.75) is 25.5 Å². The van der Waals surface area contributed by atoms with E-state index >= 15 is 0 Å². The fourth-order valence-electron chi connectivity index (χ4n) is 3.81. The summed E-state index contributed by atoms with van der Waals surface area (Å²) >= 11 is 1.21. The molecule has 0 saturated carbocycles. The van der Waals surface area contributed by atoms with Gasteiger partial charge in [-0.2, -0.15) is 0 Å². The summed E-state index contributed by atoms with van der Waals surface area (Å²) in [6, 6.07) is 12.3. The molecule has 0 atom stereocenters. The molecule has 3 rings (SSSR count). The van der Waals surface area contributed by atoms with Gasteiger partial charge in [0.2, 0.25) is 5.91 Å². The molecule has 2 aromatic carbocycles. The number of methoxy groups -OCH3 is 2. The van der Waals surface area contributed by atoms with Crippen LogP contribution in [0.3, 0.4) is 0 Å². The molecule has 1 N–H and O–H groups in total. The van der Waals surface area contributed by atoms with Gasteiger partial charge in [0.15, 0.2) is 11.0 Å². The van der Waals surface area contributed by atoms with Crippen molar-refractivity contribution in [3.63, 3.8) is 0 Å². The average Bonchev–Trinajstić information content (AvgIpc) is 3.34. The van der Waals surface area contributed by atoms with Crippen LogP contribution in [0.25, 0.3) is 11.4 Å². The number of thioether (sulfide) groups is 1. The van der Waals surface area contributed by atoms with Gasteiger partial charge < -0.3 is 19.7 Å². The second-order valence-electron chi connectivity index (χ2n) is 8.04. The summed E-state index contributed by atoms with van der Waals surface area (Å²) in [5, 5.41) is 11.9. The molecule has 0 aliphatic carbocycles. The van der Waals surface area contributed by atoms with Gasteiger partial charge in [0.05, 0.1) is 31.1 Å². The Kier molecular flexibility index (Phi) is 10.1. The predicted octanol–water partition coefficient (Wildman–Crippen LogP) is 4.28. The Hall–Kier alpha value is -4.12. The lowest BCUT2D eigenvalue weighted by molar-refractivity contribution is -0.113. The summed E-state index contributed by atoms with van der Waals surface area (Å²) in [4.78, 5) is 39.0. The van der Waals surface area contributed by atoms with Crippen molar-refractivity contribution in [1.82, 2.24) is 14.8 Å². The van der Waals surface area contributed by atoms with Gasteiger partial charge in [-0.1, -0.05) is 17.8 Å². The van der Waals surface area contributed by atoms with E-state index < -0.39 is 11.9 Å². The minimum atomic E-state index is -0.643. The maximum atomic E-state index is 12.7. The lowest BCUT2D eigenvalue weighted by Gasteiger charge is -2.21. The Bertz CT molecular complexity index is 1270. The Morgan fingerprint density at radius 1 is 1.00 bits per heavy atom. The molecule has 0 fully saturated rings. The standard InChI is InChI=1S/C27H31N5O5S/c1-6-13-32-24(18-9-11-22(12-10-18)31(7-2)8-3)29-30-27(32)38-17-23(33)28-21-15-19(25(34)36-4)14-20(16-21)26(35)37-5/h6,9-12,14-16H,1,7-8,13,17H2,2-5H3,(H,28,33). The summed E-state index contributed by atoms with van der Waals surface area (Å²) in [6.07, 6.45) is 1.74. The van der Waals surface area contributed by atoms with Crippen molar-refractivity contribution < 1.29 is 23.9 Å². The number of aromatic nitrogens is 3. The highest BCUT2D eigenvalue weighted by molar-refractivity contribution is 7.99. The molecule has 38 heavy (non-hydrogen) atoms. The monoisotopic (exact) mass is 537 g/mol. The van der Waals surface area contributed by atoms with Gasteiger partial charge in [-0.25, -0.2) is 9.59 Å². The summed E-state index contributed by atoms with van der Waals surface area (Å²) in [5.41, 5.74) is 2.52. The number of nitrogens with one attached hydrogen (secondary N) is 1. The number of hydrogen-bond donors (Lipinski definition) is 1. The van der Waals surface area contributed by atoms with Gasteiger partial charge >= 0.3 is 11.9 Å². The van der Waals surface area contributed by atoms with Gasteiger partial charge in [0.25, 0.3) is 0 Å². The Morgan fingerprint density at radius 2 is 1.61 bits per heavy atom. The predicted molar refractivity (Wildman–Crippen MR) is 148 cm³/mol. The number of esters is 2. The third-order valence-corrected chi connectivity index (χ3v) is 6.64. The minimum absolute atomic E-state index is 0.0200. The molecule has 10 nitrogen and oxygen atoms in total. The number of rotatable bonds is 12. The number of hydrogen-bond acceptors (Lipinski definition) is 9. The van der Waals surface area contributed by atoms with E-state index in [-0.39, 0.29) is 28.5 Å². The second kappa shape index (κ2) is 13.4. The van der Waals surface area contributed by atoms with Crippen molar-refractivity contribution in [2.75, 3.05) is 43.3 Å². The first-order valence-corrected chi connectivity index (χ1v) is 13.0. The van der Waals surface area contributed by atoms with Gasteiger partial charge in [-0.05, 0) is 56.3 Å². The molecule has 0 bridgehead atoms. The number of anilines is 2.